The lowest BCUT2D eigenvalue weighted by atomic mass is 10.1. The van der Waals surface area contributed by atoms with Gasteiger partial charge in [0.05, 0.1) is 11.8 Å². The monoisotopic (exact) mass is 285 g/mol. The van der Waals surface area contributed by atoms with Crippen molar-refractivity contribution in [3.63, 3.8) is 0 Å². The lowest BCUT2D eigenvalue weighted by Crippen LogP contribution is -2.22. The first kappa shape index (κ1) is 13.5. The van der Waals surface area contributed by atoms with Gasteiger partial charge in [0.2, 0.25) is 0 Å². The summed E-state index contributed by atoms with van der Waals surface area (Å²) in [7, 11) is 2.09. The maximum atomic E-state index is 9.49. The molecule has 0 amide bonds. The Labute approximate surface area is 106 Å². The Morgan fingerprint density at radius 1 is 1.31 bits per heavy atom. The van der Waals surface area contributed by atoms with Crippen molar-refractivity contribution in [3.8, 4) is 0 Å². The highest BCUT2D eigenvalue weighted by Gasteiger charge is 2.09. The maximum absolute atomic E-state index is 9.49. The molecule has 0 fully saturated rings. The van der Waals surface area contributed by atoms with E-state index in [2.05, 4.69) is 47.8 Å². The van der Waals surface area contributed by atoms with Crippen molar-refractivity contribution in [2.75, 3.05) is 18.5 Å². The Balaban J connectivity index is 2.90. The van der Waals surface area contributed by atoms with Gasteiger partial charge in [0.25, 0.3) is 0 Å². The van der Waals surface area contributed by atoms with E-state index in [1.165, 1.54) is 0 Å². The summed E-state index contributed by atoms with van der Waals surface area (Å²) >= 11 is 3.55. The molecule has 0 bridgehead atoms. The topological polar surface area (TPSA) is 23.5 Å². The molecule has 0 saturated carbocycles. The quantitative estimate of drug-likeness (QED) is 0.914. The van der Waals surface area contributed by atoms with Gasteiger partial charge in [-0.1, -0.05) is 19.9 Å². The fraction of sp³-hybridized carbons (Fsp3) is 0.538. The van der Waals surface area contributed by atoms with Crippen LogP contribution in [0.1, 0.15) is 32.4 Å². The van der Waals surface area contributed by atoms with Crippen molar-refractivity contribution < 1.29 is 5.11 Å². The number of hydrogen-bond donors (Lipinski definition) is 1. The Bertz CT molecular complexity index is 350. The fourth-order valence-electron chi connectivity index (χ4n) is 1.74. The lowest BCUT2D eigenvalue weighted by Gasteiger charge is -2.23. The van der Waals surface area contributed by atoms with Crippen LogP contribution in [0.15, 0.2) is 22.7 Å². The predicted molar refractivity (Wildman–Crippen MR) is 72.9 cm³/mol. The van der Waals surface area contributed by atoms with Crippen LogP contribution in [0, 0.1) is 5.92 Å². The zero-order valence-corrected chi connectivity index (χ0v) is 12.0. The van der Waals surface area contributed by atoms with Crippen LogP contribution in [0.3, 0.4) is 0 Å². The molecule has 0 aliphatic heterocycles. The fourth-order valence-corrected chi connectivity index (χ4v) is 2.44. The minimum absolute atomic E-state index is 0.416. The SMILES string of the molecule is CC(C)CN(C)c1ccc([C@@H](C)O)cc1Br. The summed E-state index contributed by atoms with van der Waals surface area (Å²) in [4.78, 5) is 2.22. The second-order valence-corrected chi connectivity index (χ2v) is 5.52. The van der Waals surface area contributed by atoms with E-state index in [4.69, 9.17) is 0 Å². The summed E-state index contributed by atoms with van der Waals surface area (Å²) in [5.41, 5.74) is 2.10. The first-order valence-corrected chi connectivity index (χ1v) is 6.39. The number of benzene rings is 1. The molecule has 0 unspecified atom stereocenters. The second-order valence-electron chi connectivity index (χ2n) is 4.66. The summed E-state index contributed by atoms with van der Waals surface area (Å²) in [6.45, 7) is 7.20. The molecule has 1 atom stereocenters. The normalized spacial score (nSPS) is 12.9. The van der Waals surface area contributed by atoms with Gasteiger partial charge >= 0.3 is 0 Å². The first-order valence-electron chi connectivity index (χ1n) is 5.60. The van der Waals surface area contributed by atoms with Crippen LogP contribution >= 0.6 is 15.9 Å². The molecule has 90 valence electrons. The minimum Gasteiger partial charge on any atom is -0.389 e. The van der Waals surface area contributed by atoms with Gasteiger partial charge in [0.15, 0.2) is 0 Å². The van der Waals surface area contributed by atoms with Crippen molar-refractivity contribution in [2.45, 2.75) is 26.9 Å². The zero-order chi connectivity index (χ0) is 12.3. The van der Waals surface area contributed by atoms with E-state index in [1.807, 2.05) is 12.1 Å². The molecule has 1 rings (SSSR count). The third-order valence-electron chi connectivity index (χ3n) is 2.50. The largest absolute Gasteiger partial charge is 0.389 e. The van der Waals surface area contributed by atoms with Gasteiger partial charge in [0, 0.05) is 18.1 Å². The predicted octanol–water partition coefficient (Wildman–Crippen LogP) is 3.59. The number of anilines is 1. The number of nitrogens with zero attached hydrogens (tertiary/aromatic N) is 1. The van der Waals surface area contributed by atoms with Crippen LogP contribution < -0.4 is 4.90 Å². The number of halogens is 1. The zero-order valence-electron chi connectivity index (χ0n) is 10.4. The van der Waals surface area contributed by atoms with Gasteiger partial charge in [-0.3, -0.25) is 0 Å². The highest BCUT2D eigenvalue weighted by molar-refractivity contribution is 9.10. The molecule has 0 aliphatic rings. The molecule has 0 aromatic heterocycles. The van der Waals surface area contributed by atoms with E-state index >= 15 is 0 Å². The van der Waals surface area contributed by atoms with E-state index < -0.39 is 6.10 Å². The van der Waals surface area contributed by atoms with Gasteiger partial charge in [-0.05, 0) is 46.5 Å². The van der Waals surface area contributed by atoms with Gasteiger partial charge in [0.1, 0.15) is 0 Å². The van der Waals surface area contributed by atoms with Gasteiger partial charge < -0.3 is 10.0 Å². The molecule has 0 saturated heterocycles. The van der Waals surface area contributed by atoms with E-state index in [-0.39, 0.29) is 0 Å². The Morgan fingerprint density at radius 2 is 1.94 bits per heavy atom. The average molecular weight is 286 g/mol. The summed E-state index contributed by atoms with van der Waals surface area (Å²) in [5.74, 6) is 0.633. The maximum Gasteiger partial charge on any atom is 0.0762 e. The molecule has 2 nitrogen and oxygen atoms in total. The van der Waals surface area contributed by atoms with Crippen molar-refractivity contribution in [3.05, 3.63) is 28.2 Å². The molecular formula is C13H20BrNO. The molecule has 0 heterocycles. The highest BCUT2D eigenvalue weighted by atomic mass is 79.9. The third-order valence-corrected chi connectivity index (χ3v) is 3.14. The highest BCUT2D eigenvalue weighted by Crippen LogP contribution is 2.29. The summed E-state index contributed by atoms with van der Waals surface area (Å²) in [6, 6.07) is 6.01. The Kier molecular flexibility index (Phi) is 4.81. The van der Waals surface area contributed by atoms with E-state index in [1.54, 1.807) is 6.92 Å². The molecule has 1 aromatic rings. The summed E-state index contributed by atoms with van der Waals surface area (Å²) in [5, 5.41) is 9.49. The number of aliphatic hydroxyl groups excluding tert-OH is 1. The first-order chi connectivity index (χ1) is 7.41. The number of rotatable bonds is 4. The van der Waals surface area contributed by atoms with E-state index in [9.17, 15) is 5.11 Å². The van der Waals surface area contributed by atoms with Crippen molar-refractivity contribution >= 4 is 21.6 Å². The molecule has 0 spiro atoms. The lowest BCUT2D eigenvalue weighted by molar-refractivity contribution is 0.199. The number of aliphatic hydroxyl groups is 1. The molecule has 0 aliphatic carbocycles. The van der Waals surface area contributed by atoms with Crippen LogP contribution in [0.4, 0.5) is 5.69 Å². The summed E-state index contributed by atoms with van der Waals surface area (Å²) in [6.07, 6.45) is -0.416. The number of hydrogen-bond acceptors (Lipinski definition) is 2. The third kappa shape index (κ3) is 3.49. The van der Waals surface area contributed by atoms with Crippen LogP contribution in [0.5, 0.6) is 0 Å². The average Bonchev–Trinajstić information content (AvgIpc) is 2.15. The van der Waals surface area contributed by atoms with Gasteiger partial charge in [-0.15, -0.1) is 0 Å². The molecule has 3 heteroatoms. The standard InChI is InChI=1S/C13H20BrNO/c1-9(2)8-15(4)13-6-5-11(10(3)16)7-12(13)14/h5-7,9-10,16H,8H2,1-4H3/t10-/m1/s1. The van der Waals surface area contributed by atoms with Crippen LogP contribution in [-0.4, -0.2) is 18.7 Å². The van der Waals surface area contributed by atoms with Crippen LogP contribution in [0.2, 0.25) is 0 Å². The smallest absolute Gasteiger partial charge is 0.0762 e. The Hall–Kier alpha value is -0.540. The second kappa shape index (κ2) is 5.69. The van der Waals surface area contributed by atoms with Gasteiger partial charge in [-0.25, -0.2) is 0 Å². The van der Waals surface area contributed by atoms with Crippen molar-refractivity contribution in [2.24, 2.45) is 5.92 Å². The minimum atomic E-state index is -0.416. The molecule has 16 heavy (non-hydrogen) atoms. The molecule has 1 N–H and O–H groups in total. The van der Waals surface area contributed by atoms with Gasteiger partial charge in [-0.2, -0.15) is 0 Å². The van der Waals surface area contributed by atoms with Crippen molar-refractivity contribution in [1.82, 2.24) is 0 Å². The summed E-state index contributed by atoms with van der Waals surface area (Å²) < 4.78 is 1.04. The van der Waals surface area contributed by atoms with Crippen LogP contribution in [-0.2, 0) is 0 Å². The van der Waals surface area contributed by atoms with E-state index in [0.29, 0.717) is 5.92 Å². The van der Waals surface area contributed by atoms with E-state index in [0.717, 1.165) is 22.3 Å². The Morgan fingerprint density at radius 3 is 2.38 bits per heavy atom. The molecule has 1 aromatic carbocycles. The van der Waals surface area contributed by atoms with Crippen molar-refractivity contribution in [1.29, 1.82) is 0 Å². The molecular weight excluding hydrogens is 266 g/mol. The molecule has 0 radical (unpaired) electrons. The van der Waals surface area contributed by atoms with Crippen LogP contribution in [0.25, 0.3) is 0 Å².